The molecule has 2 fully saturated rings. The summed E-state index contributed by atoms with van der Waals surface area (Å²) in [7, 11) is 0. The molecule has 0 spiro atoms. The van der Waals surface area contributed by atoms with Crippen molar-refractivity contribution in [3.8, 4) is 22.5 Å². The molecular weight excluding hydrogens is 421 g/mol. The number of halogens is 1. The first-order chi connectivity index (χ1) is 16.2. The van der Waals surface area contributed by atoms with Gasteiger partial charge in [-0.05, 0) is 62.6 Å². The van der Waals surface area contributed by atoms with Crippen LogP contribution in [0.5, 0.6) is 0 Å². The predicted molar refractivity (Wildman–Crippen MR) is 124 cm³/mol. The van der Waals surface area contributed by atoms with E-state index in [-0.39, 0.29) is 18.5 Å². The minimum atomic E-state index is -0.298. The Morgan fingerprint density at radius 3 is 2.67 bits per heavy atom. The van der Waals surface area contributed by atoms with Crippen LogP contribution in [0, 0.1) is 5.82 Å². The Balaban J connectivity index is 1.50. The van der Waals surface area contributed by atoms with Crippen LogP contribution in [0.4, 0.5) is 10.3 Å². The lowest BCUT2D eigenvalue weighted by molar-refractivity contribution is 0.143. The standard InChI is InChI=1S/C25H30FN5O2/c26-18-10-8-17(9-11-18)24-23(22(33-30-24)15-31-14-4-7-20(31)16-32)21-12-13-27-25(29-21)28-19-5-2-1-3-6-19/h8-13,19-20,32H,1-7,14-16H2,(H,27,28,29)/t20-/m0/s1. The van der Waals surface area contributed by atoms with E-state index in [0.717, 1.165) is 49.0 Å². The normalized spacial score (nSPS) is 19.8. The van der Waals surface area contributed by atoms with Gasteiger partial charge in [-0.1, -0.05) is 24.4 Å². The topological polar surface area (TPSA) is 87.3 Å². The second kappa shape index (κ2) is 9.97. The van der Waals surface area contributed by atoms with E-state index in [1.807, 2.05) is 6.07 Å². The molecule has 0 unspecified atom stereocenters. The molecule has 3 aromatic rings. The number of aromatic nitrogens is 3. The van der Waals surface area contributed by atoms with E-state index in [4.69, 9.17) is 9.51 Å². The average Bonchev–Trinajstić information content (AvgIpc) is 3.47. The van der Waals surface area contributed by atoms with Crippen LogP contribution in [0.2, 0.25) is 0 Å². The third-order valence-electron chi connectivity index (χ3n) is 6.79. The zero-order valence-corrected chi connectivity index (χ0v) is 18.7. The van der Waals surface area contributed by atoms with E-state index >= 15 is 0 Å². The number of likely N-dealkylation sites (tertiary alicyclic amines) is 1. The van der Waals surface area contributed by atoms with Gasteiger partial charge in [-0.15, -0.1) is 0 Å². The summed E-state index contributed by atoms with van der Waals surface area (Å²) in [5, 5.41) is 17.6. The van der Waals surface area contributed by atoms with Crippen molar-refractivity contribution in [2.75, 3.05) is 18.5 Å². The van der Waals surface area contributed by atoms with Crippen LogP contribution >= 0.6 is 0 Å². The van der Waals surface area contributed by atoms with Crippen molar-refractivity contribution in [3.63, 3.8) is 0 Å². The molecule has 2 aromatic heterocycles. The van der Waals surface area contributed by atoms with Crippen molar-refractivity contribution in [2.24, 2.45) is 0 Å². The average molecular weight is 452 g/mol. The Labute approximate surface area is 193 Å². The lowest BCUT2D eigenvalue weighted by Crippen LogP contribution is -2.31. The summed E-state index contributed by atoms with van der Waals surface area (Å²) >= 11 is 0. The largest absolute Gasteiger partial charge is 0.395 e. The van der Waals surface area contributed by atoms with Crippen LogP contribution in [-0.4, -0.2) is 50.4 Å². The summed E-state index contributed by atoms with van der Waals surface area (Å²) in [4.78, 5) is 11.5. The van der Waals surface area contributed by atoms with Gasteiger partial charge >= 0.3 is 0 Å². The number of anilines is 1. The molecule has 7 nitrogen and oxygen atoms in total. The van der Waals surface area contributed by atoms with E-state index in [2.05, 4.69) is 20.4 Å². The Morgan fingerprint density at radius 2 is 1.88 bits per heavy atom. The highest BCUT2D eigenvalue weighted by molar-refractivity contribution is 5.80. The third kappa shape index (κ3) is 4.91. The zero-order valence-electron chi connectivity index (χ0n) is 18.7. The quantitative estimate of drug-likeness (QED) is 0.541. The van der Waals surface area contributed by atoms with Crippen molar-refractivity contribution in [1.29, 1.82) is 0 Å². The maximum Gasteiger partial charge on any atom is 0.223 e. The summed E-state index contributed by atoms with van der Waals surface area (Å²) < 4.78 is 19.4. The maximum atomic E-state index is 13.6. The Hall–Kier alpha value is -2.84. The summed E-state index contributed by atoms with van der Waals surface area (Å²) in [6, 6.07) is 8.62. The minimum absolute atomic E-state index is 0.117. The van der Waals surface area contributed by atoms with Crippen molar-refractivity contribution < 1.29 is 14.0 Å². The molecule has 1 saturated heterocycles. The number of aliphatic hydroxyl groups excluding tert-OH is 1. The number of benzene rings is 1. The van der Waals surface area contributed by atoms with Crippen LogP contribution in [0.1, 0.15) is 50.7 Å². The number of hydrogen-bond donors (Lipinski definition) is 2. The lowest BCUT2D eigenvalue weighted by Gasteiger charge is -2.23. The van der Waals surface area contributed by atoms with Gasteiger partial charge in [0.15, 0.2) is 5.76 Å². The number of rotatable bonds is 7. The molecule has 1 saturated carbocycles. The monoisotopic (exact) mass is 451 g/mol. The van der Waals surface area contributed by atoms with Crippen molar-refractivity contribution >= 4 is 5.95 Å². The molecule has 174 valence electrons. The maximum absolute atomic E-state index is 13.6. The smallest absolute Gasteiger partial charge is 0.223 e. The molecule has 5 rings (SSSR count). The molecule has 3 heterocycles. The molecule has 2 aliphatic rings. The first-order valence-electron chi connectivity index (χ1n) is 11.9. The highest BCUT2D eigenvalue weighted by atomic mass is 19.1. The van der Waals surface area contributed by atoms with Gasteiger partial charge < -0.3 is 14.9 Å². The fourth-order valence-corrected chi connectivity index (χ4v) is 4.99. The molecule has 1 atom stereocenters. The molecule has 0 amide bonds. The van der Waals surface area contributed by atoms with Crippen LogP contribution in [0.15, 0.2) is 41.1 Å². The summed E-state index contributed by atoms with van der Waals surface area (Å²) in [6.45, 7) is 1.55. The number of nitrogens with one attached hydrogen (secondary N) is 1. The fourth-order valence-electron chi connectivity index (χ4n) is 4.99. The molecule has 1 aliphatic heterocycles. The van der Waals surface area contributed by atoms with Crippen LogP contribution in [0.25, 0.3) is 22.5 Å². The molecule has 1 aliphatic carbocycles. The molecule has 1 aromatic carbocycles. The van der Waals surface area contributed by atoms with Gasteiger partial charge in [0, 0.05) is 23.8 Å². The molecule has 8 heteroatoms. The first kappa shape index (κ1) is 22.0. The van der Waals surface area contributed by atoms with Gasteiger partial charge in [-0.25, -0.2) is 14.4 Å². The summed E-state index contributed by atoms with van der Waals surface area (Å²) in [6.07, 6.45) is 9.76. The van der Waals surface area contributed by atoms with Crippen LogP contribution in [-0.2, 0) is 6.54 Å². The highest BCUT2D eigenvalue weighted by Crippen LogP contribution is 2.36. The van der Waals surface area contributed by atoms with Crippen molar-refractivity contribution in [1.82, 2.24) is 20.0 Å². The van der Waals surface area contributed by atoms with E-state index < -0.39 is 0 Å². The van der Waals surface area contributed by atoms with Gasteiger partial charge in [0.2, 0.25) is 5.95 Å². The van der Waals surface area contributed by atoms with Gasteiger partial charge in [0.05, 0.1) is 24.4 Å². The third-order valence-corrected chi connectivity index (χ3v) is 6.79. The van der Waals surface area contributed by atoms with E-state index in [1.54, 1.807) is 18.3 Å². The van der Waals surface area contributed by atoms with E-state index in [1.165, 1.54) is 31.4 Å². The van der Waals surface area contributed by atoms with Gasteiger partial charge in [-0.3, -0.25) is 4.90 Å². The molecule has 33 heavy (non-hydrogen) atoms. The number of aliphatic hydroxyl groups is 1. The Bertz CT molecular complexity index is 1060. The lowest BCUT2D eigenvalue weighted by atomic mass is 9.96. The molecule has 0 radical (unpaired) electrons. The van der Waals surface area contributed by atoms with Crippen LogP contribution < -0.4 is 5.32 Å². The predicted octanol–water partition coefficient (Wildman–Crippen LogP) is 4.64. The molecule has 2 N–H and O–H groups in total. The summed E-state index contributed by atoms with van der Waals surface area (Å²) in [5.41, 5.74) is 2.91. The highest BCUT2D eigenvalue weighted by Gasteiger charge is 2.28. The van der Waals surface area contributed by atoms with Gasteiger partial charge in [0.1, 0.15) is 11.5 Å². The number of nitrogens with zero attached hydrogens (tertiary/aromatic N) is 4. The molecular formula is C25H30FN5O2. The Kier molecular flexibility index (Phi) is 6.64. The number of hydrogen-bond acceptors (Lipinski definition) is 7. The molecule has 0 bridgehead atoms. The Morgan fingerprint density at radius 1 is 1.06 bits per heavy atom. The van der Waals surface area contributed by atoms with Crippen molar-refractivity contribution in [3.05, 3.63) is 48.1 Å². The first-order valence-corrected chi connectivity index (χ1v) is 11.9. The van der Waals surface area contributed by atoms with Gasteiger partial charge in [-0.2, -0.15) is 0 Å². The second-order valence-electron chi connectivity index (χ2n) is 9.03. The van der Waals surface area contributed by atoms with Crippen molar-refractivity contribution in [2.45, 2.75) is 63.6 Å². The van der Waals surface area contributed by atoms with Crippen LogP contribution in [0.3, 0.4) is 0 Å². The zero-order chi connectivity index (χ0) is 22.6. The minimum Gasteiger partial charge on any atom is -0.395 e. The van der Waals surface area contributed by atoms with Gasteiger partial charge in [0.25, 0.3) is 0 Å². The SMILES string of the molecule is OC[C@@H]1CCCN1Cc1onc(-c2ccc(F)cc2)c1-c1ccnc(NC2CCCCC2)n1. The van der Waals surface area contributed by atoms with E-state index in [9.17, 15) is 9.50 Å². The fraction of sp³-hybridized carbons (Fsp3) is 0.480. The second-order valence-corrected chi connectivity index (χ2v) is 9.03. The van der Waals surface area contributed by atoms with E-state index in [0.29, 0.717) is 30.0 Å². The summed E-state index contributed by atoms with van der Waals surface area (Å²) in [5.74, 6) is 0.996.